The fraction of sp³-hybridized carbons (Fsp3) is 0.760. The van der Waals surface area contributed by atoms with Gasteiger partial charge in [-0.15, -0.1) is 0 Å². The van der Waals surface area contributed by atoms with Crippen molar-refractivity contribution in [3.8, 4) is 6.07 Å². The van der Waals surface area contributed by atoms with E-state index in [1.54, 1.807) is 6.08 Å². The molecule has 162 valence electrons. The molecule has 2 rings (SSSR count). The number of esters is 1. The van der Waals surface area contributed by atoms with Crippen LogP contribution in [0, 0.1) is 29.1 Å². The Kier molecular flexibility index (Phi) is 11.1. The van der Waals surface area contributed by atoms with Gasteiger partial charge in [0.2, 0.25) is 0 Å². The number of unbranched alkanes of at least 4 members (excludes halogenated alkanes) is 2. The predicted molar refractivity (Wildman–Crippen MR) is 115 cm³/mol. The molecule has 0 aromatic carbocycles. The van der Waals surface area contributed by atoms with Gasteiger partial charge in [0.15, 0.2) is 5.83 Å². The smallest absolute Gasteiger partial charge is 0.309 e. The van der Waals surface area contributed by atoms with Gasteiger partial charge in [-0.3, -0.25) is 4.79 Å². The lowest BCUT2D eigenvalue weighted by Gasteiger charge is -2.31. The minimum absolute atomic E-state index is 0.0506. The van der Waals surface area contributed by atoms with Gasteiger partial charge in [0.05, 0.1) is 5.92 Å². The average molecular weight is 404 g/mol. The third kappa shape index (κ3) is 9.15. The molecule has 2 aliphatic carbocycles. The second kappa shape index (κ2) is 13.6. The number of nitrogens with zero attached hydrogens (tertiary/aromatic N) is 1. The minimum atomic E-state index is -0.756. The zero-order chi connectivity index (χ0) is 20.9. The first-order valence-electron chi connectivity index (χ1n) is 11.7. The Morgan fingerprint density at radius 3 is 2.34 bits per heavy atom. The van der Waals surface area contributed by atoms with E-state index in [1.807, 2.05) is 6.08 Å². The average Bonchev–Trinajstić information content (AvgIpc) is 2.75. The summed E-state index contributed by atoms with van der Waals surface area (Å²) in [5.41, 5.74) is 0. The Hall–Kier alpha value is -1.63. The monoisotopic (exact) mass is 403 g/mol. The molecule has 0 heterocycles. The molecular formula is C25H38FNO2. The van der Waals surface area contributed by atoms with Gasteiger partial charge in [-0.2, -0.15) is 9.65 Å². The molecule has 0 spiro atoms. The SMILES string of the molecule is CCCCCC1CCC(C(=O)OC2CCC(CCC=CC=C(F)C#N)CC2)CC1. The lowest BCUT2D eigenvalue weighted by atomic mass is 9.79. The van der Waals surface area contributed by atoms with Crippen molar-refractivity contribution in [3.63, 3.8) is 0 Å². The fourth-order valence-electron chi connectivity index (χ4n) is 4.79. The van der Waals surface area contributed by atoms with Crippen LogP contribution in [0.15, 0.2) is 24.1 Å². The molecule has 2 saturated carbocycles. The third-order valence-corrected chi connectivity index (χ3v) is 6.70. The van der Waals surface area contributed by atoms with Crippen LogP contribution >= 0.6 is 0 Å². The largest absolute Gasteiger partial charge is 0.462 e. The van der Waals surface area contributed by atoms with Crippen molar-refractivity contribution in [1.82, 2.24) is 0 Å². The number of hydrogen-bond acceptors (Lipinski definition) is 3. The standard InChI is InChI=1S/C25H38FNO2/c1-2-3-5-8-20-11-15-22(16-12-20)25(28)29-24-17-13-21(14-18-24)9-6-4-7-10-23(26)19-27/h4,7,10,20-22,24H,2-3,5-6,8-9,11-18H2,1H3. The first-order valence-corrected chi connectivity index (χ1v) is 11.7. The summed E-state index contributed by atoms with van der Waals surface area (Å²) in [6.07, 6.45) is 20.6. The molecular weight excluding hydrogens is 365 g/mol. The van der Waals surface area contributed by atoms with Crippen LogP contribution in [0.3, 0.4) is 0 Å². The molecule has 0 radical (unpaired) electrons. The van der Waals surface area contributed by atoms with E-state index in [4.69, 9.17) is 10.00 Å². The number of nitriles is 1. The molecule has 3 nitrogen and oxygen atoms in total. The molecule has 0 aromatic heterocycles. The maximum atomic E-state index is 12.7. The van der Waals surface area contributed by atoms with Gasteiger partial charge in [0.25, 0.3) is 0 Å². The van der Waals surface area contributed by atoms with Gasteiger partial charge in [-0.25, -0.2) is 0 Å². The van der Waals surface area contributed by atoms with Crippen molar-refractivity contribution in [2.45, 2.75) is 103 Å². The predicted octanol–water partition coefficient (Wildman–Crippen LogP) is 7.19. The number of halogens is 1. The first-order chi connectivity index (χ1) is 14.1. The number of rotatable bonds is 10. The summed E-state index contributed by atoms with van der Waals surface area (Å²) >= 11 is 0. The van der Waals surface area contributed by atoms with Crippen molar-refractivity contribution >= 4 is 5.97 Å². The summed E-state index contributed by atoms with van der Waals surface area (Å²) in [4.78, 5) is 12.5. The van der Waals surface area contributed by atoms with E-state index in [0.717, 1.165) is 57.3 Å². The van der Waals surface area contributed by atoms with Crippen molar-refractivity contribution in [2.24, 2.45) is 17.8 Å². The van der Waals surface area contributed by atoms with Crippen molar-refractivity contribution in [3.05, 3.63) is 24.1 Å². The zero-order valence-electron chi connectivity index (χ0n) is 18.1. The van der Waals surface area contributed by atoms with Crippen LogP contribution in [-0.2, 0) is 9.53 Å². The third-order valence-electron chi connectivity index (χ3n) is 6.70. The Bertz CT molecular complexity index is 576. The summed E-state index contributed by atoms with van der Waals surface area (Å²) in [6, 6.07) is 1.46. The number of allylic oxidation sites excluding steroid dienone is 4. The molecule has 0 atom stereocenters. The van der Waals surface area contributed by atoms with E-state index in [1.165, 1.54) is 50.7 Å². The molecule has 0 N–H and O–H groups in total. The summed E-state index contributed by atoms with van der Waals surface area (Å²) < 4.78 is 18.5. The Morgan fingerprint density at radius 1 is 1.03 bits per heavy atom. The van der Waals surface area contributed by atoms with Crippen LogP contribution in [0.4, 0.5) is 4.39 Å². The number of carbonyl (C=O) groups excluding carboxylic acids is 1. The van der Waals surface area contributed by atoms with Crippen LogP contribution in [0.5, 0.6) is 0 Å². The summed E-state index contributed by atoms with van der Waals surface area (Å²) in [6.45, 7) is 2.25. The molecule has 29 heavy (non-hydrogen) atoms. The van der Waals surface area contributed by atoms with Crippen LogP contribution in [0.1, 0.15) is 96.8 Å². The second-order valence-electron chi connectivity index (χ2n) is 8.92. The van der Waals surface area contributed by atoms with Gasteiger partial charge in [0, 0.05) is 0 Å². The molecule has 4 heteroatoms. The fourth-order valence-corrected chi connectivity index (χ4v) is 4.79. The van der Waals surface area contributed by atoms with Crippen molar-refractivity contribution in [1.29, 1.82) is 5.26 Å². The van der Waals surface area contributed by atoms with Crippen LogP contribution in [0.2, 0.25) is 0 Å². The quantitative estimate of drug-likeness (QED) is 0.168. The highest BCUT2D eigenvalue weighted by molar-refractivity contribution is 5.72. The molecule has 0 bridgehead atoms. The molecule has 0 saturated heterocycles. The highest BCUT2D eigenvalue weighted by Crippen LogP contribution is 2.34. The molecule has 0 amide bonds. The lowest BCUT2D eigenvalue weighted by molar-refractivity contribution is -0.157. The molecule has 0 aromatic rings. The van der Waals surface area contributed by atoms with E-state index in [2.05, 4.69) is 6.92 Å². The molecule has 2 aliphatic rings. The van der Waals surface area contributed by atoms with Gasteiger partial charge in [-0.05, 0) is 82.1 Å². The van der Waals surface area contributed by atoms with Crippen LogP contribution in [-0.4, -0.2) is 12.1 Å². The highest BCUT2D eigenvalue weighted by Gasteiger charge is 2.30. The topological polar surface area (TPSA) is 50.1 Å². The van der Waals surface area contributed by atoms with Gasteiger partial charge < -0.3 is 4.74 Å². The van der Waals surface area contributed by atoms with Crippen molar-refractivity contribution in [2.75, 3.05) is 0 Å². The van der Waals surface area contributed by atoms with E-state index >= 15 is 0 Å². The maximum absolute atomic E-state index is 12.7. The van der Waals surface area contributed by atoms with Crippen LogP contribution < -0.4 is 0 Å². The van der Waals surface area contributed by atoms with Gasteiger partial charge >= 0.3 is 5.97 Å². The normalized spacial score (nSPS) is 28.2. The second-order valence-corrected chi connectivity index (χ2v) is 8.92. The molecule has 2 fully saturated rings. The summed E-state index contributed by atoms with van der Waals surface area (Å²) in [7, 11) is 0. The number of ether oxygens (including phenoxy) is 1. The Balaban J connectivity index is 1.58. The van der Waals surface area contributed by atoms with E-state index in [0.29, 0.717) is 5.92 Å². The highest BCUT2D eigenvalue weighted by atomic mass is 19.1. The number of hydrogen-bond donors (Lipinski definition) is 0. The Morgan fingerprint density at radius 2 is 1.69 bits per heavy atom. The van der Waals surface area contributed by atoms with Gasteiger partial charge in [0.1, 0.15) is 12.2 Å². The first kappa shape index (κ1) is 23.6. The van der Waals surface area contributed by atoms with E-state index in [9.17, 15) is 9.18 Å². The molecule has 0 aliphatic heterocycles. The molecule has 0 unspecified atom stereocenters. The van der Waals surface area contributed by atoms with E-state index < -0.39 is 5.83 Å². The summed E-state index contributed by atoms with van der Waals surface area (Å²) in [5, 5.41) is 8.35. The van der Waals surface area contributed by atoms with Crippen LogP contribution in [0.25, 0.3) is 0 Å². The zero-order valence-corrected chi connectivity index (χ0v) is 18.1. The lowest BCUT2D eigenvalue weighted by Crippen LogP contribution is -2.30. The minimum Gasteiger partial charge on any atom is -0.462 e. The maximum Gasteiger partial charge on any atom is 0.309 e. The van der Waals surface area contributed by atoms with Gasteiger partial charge in [-0.1, -0.05) is 44.8 Å². The van der Waals surface area contributed by atoms with E-state index in [-0.39, 0.29) is 18.0 Å². The Labute approximate surface area is 176 Å². The number of carbonyl (C=O) groups is 1. The summed E-state index contributed by atoms with van der Waals surface area (Å²) in [5.74, 6) is 0.894. The van der Waals surface area contributed by atoms with Crippen molar-refractivity contribution < 1.29 is 13.9 Å².